The van der Waals surface area contributed by atoms with Crippen LogP contribution in [0, 0.1) is 0 Å². The summed E-state index contributed by atoms with van der Waals surface area (Å²) in [4.78, 5) is 14.6. The second kappa shape index (κ2) is 6.75. The molecule has 2 aromatic rings. The Labute approximate surface area is 121 Å². The van der Waals surface area contributed by atoms with Crippen LogP contribution in [-0.2, 0) is 16.1 Å². The highest BCUT2D eigenvalue weighted by Gasteiger charge is 2.12. The third-order valence-electron chi connectivity index (χ3n) is 2.44. The van der Waals surface area contributed by atoms with Crippen LogP contribution in [0.1, 0.15) is 0 Å². The molecule has 0 spiro atoms. The number of hydrogen-bond acceptors (Lipinski definition) is 6. The van der Waals surface area contributed by atoms with Crippen LogP contribution in [0.15, 0.2) is 24.3 Å². The third kappa shape index (κ3) is 3.73. The van der Waals surface area contributed by atoms with Gasteiger partial charge in [-0.25, -0.2) is 4.98 Å². The Bertz CT molecular complexity index is 598. The minimum absolute atomic E-state index is 0.128. The van der Waals surface area contributed by atoms with Gasteiger partial charge in [0.25, 0.3) is 0 Å². The summed E-state index contributed by atoms with van der Waals surface area (Å²) in [6.45, 7) is 0.151. The number of para-hydroxylation sites is 1. The Morgan fingerprint density at radius 2 is 2.25 bits per heavy atom. The number of carboxylic acid groups (broad SMARTS) is 1. The zero-order valence-corrected chi connectivity index (χ0v) is 11.9. The van der Waals surface area contributed by atoms with E-state index in [0.717, 1.165) is 14.5 Å². The zero-order chi connectivity index (χ0) is 14.5. The van der Waals surface area contributed by atoms with E-state index in [1.165, 1.54) is 11.3 Å². The van der Waals surface area contributed by atoms with Crippen LogP contribution in [0.4, 0.5) is 5.13 Å². The molecule has 0 fully saturated rings. The monoisotopic (exact) mass is 314 g/mol. The zero-order valence-electron chi connectivity index (χ0n) is 10.3. The highest BCUT2D eigenvalue weighted by molar-refractivity contribution is 7.81. The van der Waals surface area contributed by atoms with Crippen LogP contribution < -0.4 is 9.62 Å². The summed E-state index contributed by atoms with van der Waals surface area (Å²) in [6, 6.07) is 7.37. The number of rotatable bonds is 7. The van der Waals surface area contributed by atoms with Gasteiger partial charge in [0.1, 0.15) is 0 Å². The maximum absolute atomic E-state index is 11.3. The smallest absolute Gasteiger partial charge is 0.317 e. The predicted octanol–water partition coefficient (Wildman–Crippen LogP) is 0.571. The first-order valence-corrected chi connectivity index (χ1v) is 7.58. The van der Waals surface area contributed by atoms with Crippen LogP contribution in [-0.4, -0.2) is 44.5 Å². The maximum atomic E-state index is 11.3. The number of benzene rings is 1. The molecule has 1 heterocycles. The molecule has 1 unspecified atom stereocenters. The molecule has 7 nitrogen and oxygen atoms in total. The molecular weight excluding hydrogens is 302 g/mol. The van der Waals surface area contributed by atoms with Gasteiger partial charge in [-0.2, -0.15) is 0 Å². The third-order valence-corrected chi connectivity index (χ3v) is 4.33. The molecule has 0 saturated heterocycles. The van der Waals surface area contributed by atoms with Gasteiger partial charge >= 0.3 is 5.97 Å². The van der Waals surface area contributed by atoms with Crippen molar-refractivity contribution in [3.05, 3.63) is 24.3 Å². The van der Waals surface area contributed by atoms with Crippen molar-refractivity contribution in [1.29, 1.82) is 0 Å². The summed E-state index contributed by atoms with van der Waals surface area (Å²) in [5.41, 5.74) is 0.737. The molecule has 20 heavy (non-hydrogen) atoms. The highest BCUT2D eigenvalue weighted by Crippen LogP contribution is 2.28. The number of fused-ring (bicyclic) bond motifs is 1. The van der Waals surface area contributed by atoms with E-state index in [1.54, 1.807) is 0 Å². The van der Waals surface area contributed by atoms with Crippen molar-refractivity contribution >= 4 is 43.9 Å². The summed E-state index contributed by atoms with van der Waals surface area (Å²) in [6.07, 6.45) is 0. The number of nitrogens with one attached hydrogen (secondary N) is 1. The molecule has 1 aromatic carbocycles. The Morgan fingerprint density at radius 3 is 2.90 bits per heavy atom. The second-order valence-electron chi connectivity index (χ2n) is 3.85. The van der Waals surface area contributed by atoms with Crippen molar-refractivity contribution in [2.45, 2.75) is 0 Å². The lowest BCUT2D eigenvalue weighted by molar-refractivity contribution is -0.135. The SMILES string of the molecule is O=C(O)CNCCN(c1nc2ccccc2s1)S(=O)[O-]. The van der Waals surface area contributed by atoms with E-state index in [2.05, 4.69) is 10.3 Å². The van der Waals surface area contributed by atoms with Gasteiger partial charge in [-0.15, -0.1) is 0 Å². The Hall–Kier alpha value is -1.55. The van der Waals surface area contributed by atoms with Gasteiger partial charge in [0, 0.05) is 24.4 Å². The Morgan fingerprint density at radius 1 is 1.50 bits per heavy atom. The van der Waals surface area contributed by atoms with Crippen molar-refractivity contribution < 1.29 is 18.7 Å². The van der Waals surface area contributed by atoms with Gasteiger partial charge in [-0.3, -0.25) is 13.3 Å². The van der Waals surface area contributed by atoms with E-state index in [4.69, 9.17) is 5.11 Å². The summed E-state index contributed by atoms with van der Waals surface area (Å²) in [5, 5.41) is 11.5. The molecule has 0 bridgehead atoms. The maximum Gasteiger partial charge on any atom is 0.317 e. The minimum atomic E-state index is -2.45. The number of aliphatic carboxylic acids is 1. The topological polar surface area (TPSA) is 106 Å². The fourth-order valence-corrected chi connectivity index (χ4v) is 3.18. The number of carbonyl (C=O) groups is 1. The second-order valence-corrected chi connectivity index (χ2v) is 5.74. The van der Waals surface area contributed by atoms with E-state index in [1.807, 2.05) is 24.3 Å². The molecule has 9 heteroatoms. The molecular formula is C11H12N3O4S2-. The van der Waals surface area contributed by atoms with Gasteiger partial charge in [0.05, 0.1) is 16.8 Å². The highest BCUT2D eigenvalue weighted by atomic mass is 32.2. The Kier molecular flexibility index (Phi) is 5.01. The van der Waals surface area contributed by atoms with Crippen molar-refractivity contribution in [2.24, 2.45) is 0 Å². The first-order chi connectivity index (χ1) is 9.58. The fraction of sp³-hybridized carbons (Fsp3) is 0.273. The lowest BCUT2D eigenvalue weighted by atomic mass is 10.3. The van der Waals surface area contributed by atoms with E-state index < -0.39 is 17.2 Å². The molecule has 1 atom stereocenters. The molecule has 2 rings (SSSR count). The van der Waals surface area contributed by atoms with E-state index in [9.17, 15) is 13.6 Å². The van der Waals surface area contributed by atoms with Gasteiger partial charge < -0.3 is 15.0 Å². The number of hydrogen-bond donors (Lipinski definition) is 2. The Balaban J connectivity index is 2.08. The number of thiazole rings is 1. The first kappa shape index (κ1) is 14.9. The molecule has 108 valence electrons. The van der Waals surface area contributed by atoms with Crippen LogP contribution >= 0.6 is 11.3 Å². The molecule has 0 aliphatic carbocycles. The average Bonchev–Trinajstić information content (AvgIpc) is 2.80. The first-order valence-electron chi connectivity index (χ1n) is 5.73. The lowest BCUT2D eigenvalue weighted by Gasteiger charge is -2.23. The van der Waals surface area contributed by atoms with Gasteiger partial charge in [-0.05, 0) is 12.1 Å². The minimum Gasteiger partial charge on any atom is -0.755 e. The van der Waals surface area contributed by atoms with E-state index in [-0.39, 0.29) is 19.6 Å². The number of carboxylic acids is 1. The van der Waals surface area contributed by atoms with Gasteiger partial charge in [0.2, 0.25) is 0 Å². The summed E-state index contributed by atoms with van der Waals surface area (Å²) >= 11 is -1.18. The molecule has 2 N–H and O–H groups in total. The fourth-order valence-electron chi connectivity index (χ4n) is 1.58. The van der Waals surface area contributed by atoms with Crippen molar-refractivity contribution in [3.8, 4) is 0 Å². The number of anilines is 1. The quantitative estimate of drug-likeness (QED) is 0.572. The van der Waals surface area contributed by atoms with Gasteiger partial charge in [0.15, 0.2) is 5.13 Å². The number of nitrogens with zero attached hydrogens (tertiary/aromatic N) is 2. The van der Waals surface area contributed by atoms with E-state index >= 15 is 0 Å². The van der Waals surface area contributed by atoms with Crippen LogP contribution in [0.25, 0.3) is 10.2 Å². The normalized spacial score (nSPS) is 12.4. The molecule has 0 radical (unpaired) electrons. The van der Waals surface area contributed by atoms with Crippen LogP contribution in [0.2, 0.25) is 0 Å². The summed E-state index contributed by atoms with van der Waals surface area (Å²) in [7, 11) is 0. The largest absolute Gasteiger partial charge is 0.755 e. The van der Waals surface area contributed by atoms with Crippen LogP contribution in [0.5, 0.6) is 0 Å². The van der Waals surface area contributed by atoms with Crippen molar-refractivity contribution in [2.75, 3.05) is 23.9 Å². The van der Waals surface area contributed by atoms with Crippen molar-refractivity contribution in [1.82, 2.24) is 10.3 Å². The molecule has 0 amide bonds. The molecule has 1 aromatic heterocycles. The van der Waals surface area contributed by atoms with Crippen LogP contribution in [0.3, 0.4) is 0 Å². The van der Waals surface area contributed by atoms with Gasteiger partial charge in [-0.1, -0.05) is 23.5 Å². The predicted molar refractivity (Wildman–Crippen MR) is 76.4 cm³/mol. The molecule has 0 saturated carbocycles. The molecule has 0 aliphatic heterocycles. The lowest BCUT2D eigenvalue weighted by Crippen LogP contribution is -2.35. The standard InChI is InChI=1S/C11H13N3O4S2/c15-10(16)7-12-5-6-14(20(17)18)11-13-8-3-1-2-4-9(8)19-11/h1-4,12H,5-7H2,(H,15,16)(H,17,18)/p-1. The van der Waals surface area contributed by atoms with Crippen molar-refractivity contribution in [3.63, 3.8) is 0 Å². The van der Waals surface area contributed by atoms with E-state index in [0.29, 0.717) is 5.13 Å². The summed E-state index contributed by atoms with van der Waals surface area (Å²) in [5.74, 6) is -0.986. The molecule has 0 aliphatic rings. The summed E-state index contributed by atoms with van der Waals surface area (Å²) < 4.78 is 24.5. The number of aromatic nitrogens is 1. The average molecular weight is 314 g/mol.